The van der Waals surface area contributed by atoms with Crippen LogP contribution in [0.2, 0.25) is 0 Å². The molecule has 0 bridgehead atoms. The second-order valence-corrected chi connectivity index (χ2v) is 6.72. The number of carbonyl (C=O) groups is 1. The van der Waals surface area contributed by atoms with Crippen LogP contribution in [0.15, 0.2) is 22.9 Å². The van der Waals surface area contributed by atoms with Gasteiger partial charge in [0.1, 0.15) is 0 Å². The molecular formula is C15H20N2OS2. The van der Waals surface area contributed by atoms with Gasteiger partial charge in [-0.25, -0.2) is 4.98 Å². The Kier molecular flexibility index (Phi) is 5.73. The minimum Gasteiger partial charge on any atom is -0.348 e. The molecule has 0 saturated heterocycles. The van der Waals surface area contributed by atoms with E-state index in [9.17, 15) is 4.79 Å². The number of thiazole rings is 1. The SMILES string of the molecule is CCc1nc(C(C)NC(=O)CCCc2cccs2)cs1. The average Bonchev–Trinajstić information content (AvgIpc) is 3.09. The Morgan fingerprint density at radius 3 is 2.95 bits per heavy atom. The number of rotatable bonds is 7. The van der Waals surface area contributed by atoms with Crippen molar-refractivity contribution < 1.29 is 4.79 Å². The van der Waals surface area contributed by atoms with Crippen LogP contribution in [0.1, 0.15) is 48.3 Å². The molecule has 1 N–H and O–H groups in total. The molecule has 0 aromatic carbocycles. The van der Waals surface area contributed by atoms with E-state index in [1.807, 2.05) is 12.3 Å². The van der Waals surface area contributed by atoms with E-state index in [-0.39, 0.29) is 11.9 Å². The number of amides is 1. The molecule has 0 radical (unpaired) electrons. The van der Waals surface area contributed by atoms with Gasteiger partial charge in [0.2, 0.25) is 5.91 Å². The third-order valence-electron chi connectivity index (χ3n) is 3.10. The standard InChI is InChI=1S/C15H20N2OS2/c1-3-15-17-13(10-20-15)11(2)16-14(18)8-4-6-12-7-5-9-19-12/h5,7,9-11H,3-4,6,8H2,1-2H3,(H,16,18). The molecule has 2 aromatic heterocycles. The molecule has 3 nitrogen and oxygen atoms in total. The fraction of sp³-hybridized carbons (Fsp3) is 0.467. The van der Waals surface area contributed by atoms with Crippen LogP contribution >= 0.6 is 22.7 Å². The molecule has 1 unspecified atom stereocenters. The number of nitrogens with one attached hydrogen (secondary N) is 1. The first kappa shape index (κ1) is 15.2. The van der Waals surface area contributed by atoms with Gasteiger partial charge in [0.25, 0.3) is 0 Å². The maximum atomic E-state index is 11.9. The van der Waals surface area contributed by atoms with Gasteiger partial charge in [-0.2, -0.15) is 0 Å². The summed E-state index contributed by atoms with van der Waals surface area (Å²) in [6, 6.07) is 4.17. The lowest BCUT2D eigenvalue weighted by molar-refractivity contribution is -0.121. The van der Waals surface area contributed by atoms with E-state index in [1.165, 1.54) is 4.88 Å². The second kappa shape index (κ2) is 7.55. The van der Waals surface area contributed by atoms with Crippen LogP contribution in [0.3, 0.4) is 0 Å². The fourth-order valence-corrected chi connectivity index (χ4v) is 3.54. The Bertz CT molecular complexity index is 534. The first-order chi connectivity index (χ1) is 9.69. The topological polar surface area (TPSA) is 42.0 Å². The number of hydrogen-bond acceptors (Lipinski definition) is 4. The molecule has 1 atom stereocenters. The van der Waals surface area contributed by atoms with E-state index < -0.39 is 0 Å². The second-order valence-electron chi connectivity index (χ2n) is 4.74. The summed E-state index contributed by atoms with van der Waals surface area (Å²) in [7, 11) is 0. The van der Waals surface area contributed by atoms with Crippen molar-refractivity contribution in [3.63, 3.8) is 0 Å². The number of thiophene rings is 1. The van der Waals surface area contributed by atoms with Crippen LogP contribution in [0.5, 0.6) is 0 Å². The normalized spacial score (nSPS) is 12.3. The zero-order valence-corrected chi connectivity index (χ0v) is 13.5. The zero-order chi connectivity index (χ0) is 14.4. The van der Waals surface area contributed by atoms with E-state index in [1.54, 1.807) is 22.7 Å². The van der Waals surface area contributed by atoms with Crippen molar-refractivity contribution >= 4 is 28.6 Å². The van der Waals surface area contributed by atoms with Gasteiger partial charge in [-0.05, 0) is 37.6 Å². The number of aryl methyl sites for hydroxylation is 2. The summed E-state index contributed by atoms with van der Waals surface area (Å²) in [6.45, 7) is 4.09. The molecule has 0 aliphatic rings. The van der Waals surface area contributed by atoms with Crippen molar-refractivity contribution in [3.8, 4) is 0 Å². The largest absolute Gasteiger partial charge is 0.348 e. The van der Waals surface area contributed by atoms with E-state index >= 15 is 0 Å². The third-order valence-corrected chi connectivity index (χ3v) is 5.05. The summed E-state index contributed by atoms with van der Waals surface area (Å²) >= 11 is 3.41. The number of carbonyl (C=O) groups excluding carboxylic acids is 1. The molecule has 20 heavy (non-hydrogen) atoms. The number of aromatic nitrogens is 1. The van der Waals surface area contributed by atoms with Crippen molar-refractivity contribution in [2.75, 3.05) is 0 Å². The number of nitrogens with zero attached hydrogens (tertiary/aromatic N) is 1. The van der Waals surface area contributed by atoms with E-state index in [0.29, 0.717) is 6.42 Å². The van der Waals surface area contributed by atoms with Gasteiger partial charge in [0.15, 0.2) is 0 Å². The van der Waals surface area contributed by atoms with Gasteiger partial charge >= 0.3 is 0 Å². The molecule has 0 aliphatic heterocycles. The zero-order valence-electron chi connectivity index (χ0n) is 11.9. The van der Waals surface area contributed by atoms with Gasteiger partial charge in [0.05, 0.1) is 16.7 Å². The predicted molar refractivity (Wildman–Crippen MR) is 85.3 cm³/mol. The highest BCUT2D eigenvalue weighted by molar-refractivity contribution is 7.10. The minimum absolute atomic E-state index is 0.000729. The van der Waals surface area contributed by atoms with Gasteiger partial charge in [0, 0.05) is 16.7 Å². The van der Waals surface area contributed by atoms with Crippen molar-refractivity contribution in [2.24, 2.45) is 0 Å². The molecule has 0 fully saturated rings. The van der Waals surface area contributed by atoms with E-state index in [2.05, 4.69) is 34.7 Å². The molecule has 0 saturated carbocycles. The summed E-state index contributed by atoms with van der Waals surface area (Å²) in [5.41, 5.74) is 0.971. The molecule has 1 amide bonds. The van der Waals surface area contributed by atoms with Crippen LogP contribution in [-0.2, 0) is 17.6 Å². The van der Waals surface area contributed by atoms with Crippen LogP contribution in [0.25, 0.3) is 0 Å². The average molecular weight is 308 g/mol. The summed E-state index contributed by atoms with van der Waals surface area (Å²) < 4.78 is 0. The summed E-state index contributed by atoms with van der Waals surface area (Å²) in [5.74, 6) is 0.111. The van der Waals surface area contributed by atoms with Crippen molar-refractivity contribution in [1.29, 1.82) is 0 Å². The van der Waals surface area contributed by atoms with Crippen LogP contribution in [-0.4, -0.2) is 10.9 Å². The third kappa shape index (κ3) is 4.42. The monoisotopic (exact) mass is 308 g/mol. The summed E-state index contributed by atoms with van der Waals surface area (Å²) in [6.07, 6.45) is 3.41. The van der Waals surface area contributed by atoms with Crippen molar-refractivity contribution in [2.45, 2.75) is 45.6 Å². The maximum Gasteiger partial charge on any atom is 0.220 e. The van der Waals surface area contributed by atoms with Crippen molar-refractivity contribution in [1.82, 2.24) is 10.3 Å². The highest BCUT2D eigenvalue weighted by atomic mass is 32.1. The Morgan fingerprint density at radius 1 is 1.45 bits per heavy atom. The molecule has 0 aliphatic carbocycles. The fourth-order valence-electron chi connectivity index (χ4n) is 1.95. The highest BCUT2D eigenvalue weighted by Gasteiger charge is 2.12. The predicted octanol–water partition coefficient (Wildman–Crippen LogP) is 3.97. The lowest BCUT2D eigenvalue weighted by Crippen LogP contribution is -2.26. The van der Waals surface area contributed by atoms with E-state index in [4.69, 9.17) is 0 Å². The van der Waals surface area contributed by atoms with Gasteiger partial charge in [-0.15, -0.1) is 22.7 Å². The maximum absolute atomic E-state index is 11.9. The van der Waals surface area contributed by atoms with E-state index in [0.717, 1.165) is 30.0 Å². The molecular weight excluding hydrogens is 288 g/mol. The molecule has 108 valence electrons. The summed E-state index contributed by atoms with van der Waals surface area (Å²) in [5, 5.41) is 8.26. The van der Waals surface area contributed by atoms with Gasteiger partial charge < -0.3 is 5.32 Å². The summed E-state index contributed by atoms with van der Waals surface area (Å²) in [4.78, 5) is 17.8. The van der Waals surface area contributed by atoms with Crippen molar-refractivity contribution in [3.05, 3.63) is 38.5 Å². The number of hydrogen-bond donors (Lipinski definition) is 1. The Morgan fingerprint density at radius 2 is 2.30 bits per heavy atom. The smallest absolute Gasteiger partial charge is 0.220 e. The highest BCUT2D eigenvalue weighted by Crippen LogP contribution is 2.17. The van der Waals surface area contributed by atoms with Gasteiger partial charge in [-0.1, -0.05) is 13.0 Å². The van der Waals surface area contributed by atoms with Crippen LogP contribution in [0.4, 0.5) is 0 Å². The molecule has 2 aromatic rings. The lowest BCUT2D eigenvalue weighted by atomic mass is 10.2. The first-order valence-corrected chi connectivity index (χ1v) is 8.71. The molecule has 2 heterocycles. The molecule has 5 heteroatoms. The molecule has 2 rings (SSSR count). The van der Waals surface area contributed by atoms with Crippen LogP contribution in [0, 0.1) is 0 Å². The first-order valence-electron chi connectivity index (χ1n) is 6.95. The van der Waals surface area contributed by atoms with Crippen LogP contribution < -0.4 is 5.32 Å². The Balaban J connectivity index is 1.73. The Labute approximate surface area is 128 Å². The minimum atomic E-state index is 0.000729. The molecule has 0 spiro atoms. The van der Waals surface area contributed by atoms with Gasteiger partial charge in [-0.3, -0.25) is 4.79 Å². The lowest BCUT2D eigenvalue weighted by Gasteiger charge is -2.11. The quantitative estimate of drug-likeness (QED) is 0.841. The Hall–Kier alpha value is -1.20.